The average molecular weight is 290 g/mol. The molecule has 0 unspecified atom stereocenters. The van der Waals surface area contributed by atoms with Crippen LogP contribution in [0.2, 0.25) is 0 Å². The van der Waals surface area contributed by atoms with Gasteiger partial charge in [-0.05, 0) is 23.6 Å². The fourth-order valence-corrected chi connectivity index (χ4v) is 2.34. The lowest BCUT2D eigenvalue weighted by Crippen LogP contribution is -2.33. The third-order valence-electron chi connectivity index (χ3n) is 3.38. The lowest BCUT2D eigenvalue weighted by atomic mass is 10.1. The first-order chi connectivity index (χ1) is 10.8. The fraction of sp³-hybridized carbons (Fsp3) is 0. The number of urea groups is 1. The molecule has 22 heavy (non-hydrogen) atoms. The van der Waals surface area contributed by atoms with E-state index in [9.17, 15) is 9.59 Å². The number of imide groups is 1. The molecule has 3 rings (SSSR count). The molecule has 1 N–H and O–H groups in total. The van der Waals surface area contributed by atoms with Gasteiger partial charge in [0.1, 0.15) is 0 Å². The minimum absolute atomic E-state index is 0.488. The maximum Gasteiger partial charge on any atom is 0.332 e. The third kappa shape index (κ3) is 2.67. The third-order valence-corrected chi connectivity index (χ3v) is 3.38. The molecule has 0 radical (unpaired) electrons. The van der Waals surface area contributed by atoms with Crippen LogP contribution < -0.4 is 10.2 Å². The van der Waals surface area contributed by atoms with Gasteiger partial charge in [0.15, 0.2) is 0 Å². The monoisotopic (exact) mass is 290 g/mol. The van der Waals surface area contributed by atoms with Crippen molar-refractivity contribution < 1.29 is 9.59 Å². The normalized spacial score (nSPS) is 10.2. The summed E-state index contributed by atoms with van der Waals surface area (Å²) in [6, 6.07) is 21.7. The van der Waals surface area contributed by atoms with E-state index in [-0.39, 0.29) is 0 Å². The Balaban J connectivity index is 1.96. The van der Waals surface area contributed by atoms with Crippen molar-refractivity contribution in [1.29, 1.82) is 0 Å². The van der Waals surface area contributed by atoms with Crippen LogP contribution in [0.25, 0.3) is 10.8 Å². The highest BCUT2D eigenvalue weighted by Gasteiger charge is 2.17. The molecule has 0 fully saturated rings. The summed E-state index contributed by atoms with van der Waals surface area (Å²) < 4.78 is 0. The van der Waals surface area contributed by atoms with Gasteiger partial charge in [-0.1, -0.05) is 54.6 Å². The number of benzene rings is 3. The van der Waals surface area contributed by atoms with Gasteiger partial charge < -0.3 is 5.32 Å². The average Bonchev–Trinajstić information content (AvgIpc) is 2.57. The van der Waals surface area contributed by atoms with Crippen LogP contribution >= 0.6 is 0 Å². The molecule has 0 saturated heterocycles. The molecule has 3 amide bonds. The van der Waals surface area contributed by atoms with Gasteiger partial charge in [-0.2, -0.15) is 0 Å². The van der Waals surface area contributed by atoms with E-state index in [1.807, 2.05) is 54.6 Å². The Hall–Kier alpha value is -3.14. The molecule has 3 aromatic carbocycles. The molecular weight excluding hydrogens is 276 g/mol. The lowest BCUT2D eigenvalue weighted by molar-refractivity contribution is -0.106. The first-order valence-corrected chi connectivity index (χ1v) is 6.88. The fourth-order valence-electron chi connectivity index (χ4n) is 2.34. The standard InChI is InChI=1S/C18H14N2O2/c21-13-20(18(22)19-15-9-2-1-3-10-15)17-12-6-8-14-7-4-5-11-16(14)17/h1-13H,(H,19,22). The highest BCUT2D eigenvalue weighted by Crippen LogP contribution is 2.26. The number of nitrogens with one attached hydrogen (secondary N) is 1. The molecule has 0 aliphatic carbocycles. The van der Waals surface area contributed by atoms with Crippen LogP contribution in [0.5, 0.6) is 0 Å². The second-order valence-electron chi connectivity index (χ2n) is 4.77. The number of carbonyl (C=O) groups excluding carboxylic acids is 2. The SMILES string of the molecule is O=CN(C(=O)Nc1ccccc1)c1cccc2ccccc12. The summed E-state index contributed by atoms with van der Waals surface area (Å²) in [5.74, 6) is 0. The second kappa shape index (κ2) is 6.10. The van der Waals surface area contributed by atoms with E-state index in [0.717, 1.165) is 15.7 Å². The van der Waals surface area contributed by atoms with Crippen molar-refractivity contribution in [2.75, 3.05) is 10.2 Å². The molecule has 0 saturated carbocycles. The van der Waals surface area contributed by atoms with E-state index in [1.165, 1.54) is 0 Å². The van der Waals surface area contributed by atoms with Crippen LogP contribution in [0.4, 0.5) is 16.2 Å². The van der Waals surface area contributed by atoms with Crippen molar-refractivity contribution in [2.24, 2.45) is 0 Å². The number of rotatable bonds is 3. The van der Waals surface area contributed by atoms with E-state index in [0.29, 0.717) is 17.8 Å². The molecular formula is C18H14N2O2. The minimum atomic E-state index is -0.488. The molecule has 0 aliphatic rings. The van der Waals surface area contributed by atoms with Crippen molar-refractivity contribution >= 4 is 34.6 Å². The zero-order chi connectivity index (χ0) is 15.4. The van der Waals surface area contributed by atoms with E-state index in [4.69, 9.17) is 0 Å². The van der Waals surface area contributed by atoms with Gasteiger partial charge in [0.25, 0.3) is 0 Å². The van der Waals surface area contributed by atoms with Crippen LogP contribution in [0, 0.1) is 0 Å². The smallest absolute Gasteiger partial charge is 0.307 e. The Morgan fingerprint density at radius 2 is 1.55 bits per heavy atom. The Morgan fingerprint density at radius 1 is 0.864 bits per heavy atom. The van der Waals surface area contributed by atoms with Crippen molar-refractivity contribution in [3.8, 4) is 0 Å². The molecule has 108 valence electrons. The number of amides is 3. The van der Waals surface area contributed by atoms with Crippen LogP contribution in [-0.2, 0) is 4.79 Å². The van der Waals surface area contributed by atoms with Gasteiger partial charge in [-0.15, -0.1) is 0 Å². The molecule has 4 heteroatoms. The number of carbonyl (C=O) groups is 2. The van der Waals surface area contributed by atoms with Crippen LogP contribution in [0.1, 0.15) is 0 Å². The molecule has 0 aromatic heterocycles. The summed E-state index contributed by atoms with van der Waals surface area (Å²) in [6.45, 7) is 0. The topological polar surface area (TPSA) is 49.4 Å². The highest BCUT2D eigenvalue weighted by atomic mass is 16.2. The second-order valence-corrected chi connectivity index (χ2v) is 4.77. The van der Waals surface area contributed by atoms with Gasteiger partial charge in [0.2, 0.25) is 6.41 Å². The number of hydrogen-bond acceptors (Lipinski definition) is 2. The maximum atomic E-state index is 12.4. The van der Waals surface area contributed by atoms with E-state index >= 15 is 0 Å². The number of anilines is 2. The number of hydrogen-bond donors (Lipinski definition) is 1. The first kappa shape index (κ1) is 13.8. The highest BCUT2D eigenvalue weighted by molar-refractivity contribution is 6.16. The van der Waals surface area contributed by atoms with E-state index in [2.05, 4.69) is 5.32 Å². The summed E-state index contributed by atoms with van der Waals surface area (Å²) in [5, 5.41) is 4.53. The van der Waals surface area contributed by atoms with Crippen molar-refractivity contribution in [2.45, 2.75) is 0 Å². The van der Waals surface area contributed by atoms with Crippen LogP contribution in [-0.4, -0.2) is 12.4 Å². The Kier molecular flexibility index (Phi) is 3.83. The molecule has 4 nitrogen and oxygen atoms in total. The zero-order valence-corrected chi connectivity index (χ0v) is 11.8. The summed E-state index contributed by atoms with van der Waals surface area (Å²) in [4.78, 5) is 24.9. The summed E-state index contributed by atoms with van der Waals surface area (Å²) in [6.07, 6.45) is 0.528. The largest absolute Gasteiger partial charge is 0.332 e. The van der Waals surface area contributed by atoms with Gasteiger partial charge in [0.05, 0.1) is 5.69 Å². The Morgan fingerprint density at radius 3 is 2.32 bits per heavy atom. The first-order valence-electron chi connectivity index (χ1n) is 6.88. The molecule has 0 bridgehead atoms. The zero-order valence-electron chi connectivity index (χ0n) is 11.8. The quantitative estimate of drug-likeness (QED) is 0.740. The summed E-state index contributed by atoms with van der Waals surface area (Å²) in [5.41, 5.74) is 1.20. The Bertz CT molecular complexity index is 810. The van der Waals surface area contributed by atoms with Crippen LogP contribution in [0.3, 0.4) is 0 Å². The van der Waals surface area contributed by atoms with Crippen molar-refractivity contribution in [3.63, 3.8) is 0 Å². The van der Waals surface area contributed by atoms with Gasteiger partial charge >= 0.3 is 6.03 Å². The van der Waals surface area contributed by atoms with E-state index < -0.39 is 6.03 Å². The van der Waals surface area contributed by atoms with Gasteiger partial charge in [-0.25, -0.2) is 9.69 Å². The lowest BCUT2D eigenvalue weighted by Gasteiger charge is -2.18. The maximum absolute atomic E-state index is 12.4. The molecule has 0 aliphatic heterocycles. The van der Waals surface area contributed by atoms with Crippen molar-refractivity contribution in [1.82, 2.24) is 0 Å². The number of para-hydroxylation sites is 1. The summed E-state index contributed by atoms with van der Waals surface area (Å²) in [7, 11) is 0. The number of fused-ring (bicyclic) bond motifs is 1. The molecule has 0 atom stereocenters. The van der Waals surface area contributed by atoms with Crippen molar-refractivity contribution in [3.05, 3.63) is 72.8 Å². The Labute approximate surface area is 128 Å². The molecule has 3 aromatic rings. The predicted octanol–water partition coefficient (Wildman–Crippen LogP) is 4.03. The number of nitrogens with zero attached hydrogens (tertiary/aromatic N) is 1. The van der Waals surface area contributed by atoms with Gasteiger partial charge in [-0.3, -0.25) is 4.79 Å². The van der Waals surface area contributed by atoms with E-state index in [1.54, 1.807) is 18.2 Å². The summed E-state index contributed by atoms with van der Waals surface area (Å²) >= 11 is 0. The minimum Gasteiger partial charge on any atom is -0.307 e. The van der Waals surface area contributed by atoms with Gasteiger partial charge in [0, 0.05) is 11.1 Å². The molecule has 0 heterocycles. The van der Waals surface area contributed by atoms with Crippen LogP contribution in [0.15, 0.2) is 72.8 Å². The molecule has 0 spiro atoms. The predicted molar refractivity (Wildman–Crippen MR) is 88.0 cm³/mol.